The van der Waals surface area contributed by atoms with Gasteiger partial charge in [-0.2, -0.15) is 0 Å². The Bertz CT molecular complexity index is 342. The first-order valence-corrected chi connectivity index (χ1v) is 6.01. The van der Waals surface area contributed by atoms with Crippen LogP contribution in [0.1, 0.15) is 22.7 Å². The second-order valence-corrected chi connectivity index (χ2v) is 5.43. The van der Waals surface area contributed by atoms with E-state index in [0.717, 1.165) is 30.6 Å². The molecule has 0 amide bonds. The fraction of sp³-hybridized carbons (Fsp3) is 0.636. The normalized spacial score (nSPS) is 20.1. The molecule has 1 aliphatic rings. The molecular weight excluding hydrogens is 210 g/mol. The fourth-order valence-corrected chi connectivity index (χ4v) is 2.90. The van der Waals surface area contributed by atoms with E-state index in [1.807, 2.05) is 13.1 Å². The van der Waals surface area contributed by atoms with Gasteiger partial charge in [-0.3, -0.25) is 0 Å². The molecule has 0 bridgehead atoms. The summed E-state index contributed by atoms with van der Waals surface area (Å²) < 4.78 is 5.30. The zero-order valence-electron chi connectivity index (χ0n) is 8.86. The Morgan fingerprint density at radius 2 is 2.33 bits per heavy atom. The van der Waals surface area contributed by atoms with Crippen molar-refractivity contribution in [3.05, 3.63) is 16.1 Å². The number of aryl methyl sites for hydroxylation is 1. The lowest BCUT2D eigenvalue weighted by molar-refractivity contribution is -0.121. The number of nitrogens with zero attached hydrogens (tertiary/aromatic N) is 1. The second-order valence-electron chi connectivity index (χ2n) is 4.11. The van der Waals surface area contributed by atoms with Crippen LogP contribution in [0.4, 0.5) is 0 Å². The lowest BCUT2D eigenvalue weighted by Gasteiger charge is -2.31. The number of ether oxygens (including phenoxy) is 1. The molecule has 0 atom stereocenters. The Morgan fingerprint density at radius 3 is 2.87 bits per heavy atom. The van der Waals surface area contributed by atoms with E-state index in [0.29, 0.717) is 13.2 Å². The van der Waals surface area contributed by atoms with E-state index in [1.54, 1.807) is 11.3 Å². The molecule has 4 heteroatoms. The molecular formula is C11H15NO2S. The minimum Gasteiger partial charge on any atom is -0.381 e. The molecule has 0 radical (unpaired) electrons. The molecule has 1 saturated heterocycles. The Balaban J connectivity index is 2.10. The van der Waals surface area contributed by atoms with Crippen LogP contribution >= 0.6 is 11.3 Å². The Hall–Kier alpha value is -0.740. The summed E-state index contributed by atoms with van der Waals surface area (Å²) in [5.41, 5.74) is -0.197. The molecule has 2 heterocycles. The van der Waals surface area contributed by atoms with Crippen LogP contribution in [0.15, 0.2) is 6.20 Å². The summed E-state index contributed by atoms with van der Waals surface area (Å²) in [6.07, 6.45) is 5.51. The zero-order valence-corrected chi connectivity index (χ0v) is 9.68. The second kappa shape index (κ2) is 4.41. The largest absolute Gasteiger partial charge is 0.381 e. The molecule has 0 N–H and O–H groups in total. The van der Waals surface area contributed by atoms with Gasteiger partial charge >= 0.3 is 0 Å². The van der Waals surface area contributed by atoms with Crippen molar-refractivity contribution in [2.45, 2.75) is 26.2 Å². The highest BCUT2D eigenvalue weighted by Crippen LogP contribution is 2.33. The van der Waals surface area contributed by atoms with Crippen LogP contribution in [-0.2, 0) is 16.0 Å². The molecule has 0 aromatic carbocycles. The van der Waals surface area contributed by atoms with E-state index >= 15 is 0 Å². The first-order chi connectivity index (χ1) is 7.24. The van der Waals surface area contributed by atoms with Gasteiger partial charge in [0, 0.05) is 29.7 Å². The number of thiazole rings is 1. The predicted octanol–water partition coefficient (Wildman–Crippen LogP) is 1.99. The third kappa shape index (κ3) is 2.44. The molecule has 1 aliphatic heterocycles. The zero-order chi connectivity index (χ0) is 10.7. The van der Waals surface area contributed by atoms with Gasteiger partial charge in [0.1, 0.15) is 6.29 Å². The number of carbonyl (C=O) groups is 1. The molecule has 0 aliphatic carbocycles. The van der Waals surface area contributed by atoms with Gasteiger partial charge in [0.25, 0.3) is 0 Å². The van der Waals surface area contributed by atoms with Gasteiger partial charge in [-0.25, -0.2) is 4.98 Å². The van der Waals surface area contributed by atoms with Gasteiger partial charge in [0.2, 0.25) is 0 Å². The number of hydrogen-bond donors (Lipinski definition) is 0. The first kappa shape index (κ1) is 10.8. The summed E-state index contributed by atoms with van der Waals surface area (Å²) in [6.45, 7) is 3.40. The lowest BCUT2D eigenvalue weighted by atomic mass is 9.78. The van der Waals surface area contributed by atoms with Crippen molar-refractivity contribution in [3.63, 3.8) is 0 Å². The Labute approximate surface area is 93.5 Å². The van der Waals surface area contributed by atoms with Gasteiger partial charge in [-0.05, 0) is 26.2 Å². The minimum absolute atomic E-state index is 0.197. The number of aldehydes is 1. The lowest BCUT2D eigenvalue weighted by Crippen LogP contribution is -2.32. The van der Waals surface area contributed by atoms with Gasteiger partial charge in [-0.1, -0.05) is 0 Å². The van der Waals surface area contributed by atoms with Crippen LogP contribution in [0.5, 0.6) is 0 Å². The quantitative estimate of drug-likeness (QED) is 0.738. The standard InChI is InChI=1S/C11H15NO2S/c1-9-12-7-10(15-9)6-11(8-13)2-4-14-5-3-11/h7-8H,2-6H2,1H3. The summed E-state index contributed by atoms with van der Waals surface area (Å²) in [5.74, 6) is 0. The summed E-state index contributed by atoms with van der Waals surface area (Å²) in [5, 5.41) is 1.07. The van der Waals surface area contributed by atoms with Gasteiger partial charge < -0.3 is 9.53 Å². The third-order valence-electron chi connectivity index (χ3n) is 2.93. The average Bonchev–Trinajstić information content (AvgIpc) is 2.65. The van der Waals surface area contributed by atoms with Crippen molar-refractivity contribution in [1.29, 1.82) is 0 Å². The Kier molecular flexibility index (Phi) is 3.17. The van der Waals surface area contributed by atoms with E-state index < -0.39 is 0 Å². The molecule has 0 spiro atoms. The van der Waals surface area contributed by atoms with Gasteiger partial charge in [0.15, 0.2) is 0 Å². The fourth-order valence-electron chi connectivity index (χ4n) is 1.95. The molecule has 1 aromatic rings. The topological polar surface area (TPSA) is 39.2 Å². The minimum atomic E-state index is -0.197. The number of aromatic nitrogens is 1. The van der Waals surface area contributed by atoms with E-state index in [-0.39, 0.29) is 5.41 Å². The molecule has 0 unspecified atom stereocenters. The van der Waals surface area contributed by atoms with Crippen LogP contribution < -0.4 is 0 Å². The highest BCUT2D eigenvalue weighted by atomic mass is 32.1. The average molecular weight is 225 g/mol. The van der Waals surface area contributed by atoms with Crippen LogP contribution in [0.3, 0.4) is 0 Å². The third-order valence-corrected chi connectivity index (χ3v) is 3.85. The van der Waals surface area contributed by atoms with Crippen LogP contribution in [-0.4, -0.2) is 24.5 Å². The number of rotatable bonds is 3. The van der Waals surface area contributed by atoms with Crippen LogP contribution in [0.25, 0.3) is 0 Å². The van der Waals surface area contributed by atoms with E-state index in [9.17, 15) is 4.79 Å². The van der Waals surface area contributed by atoms with Crippen LogP contribution in [0.2, 0.25) is 0 Å². The summed E-state index contributed by atoms with van der Waals surface area (Å²) in [7, 11) is 0. The molecule has 0 saturated carbocycles. The van der Waals surface area contributed by atoms with E-state index in [4.69, 9.17) is 4.74 Å². The summed E-state index contributed by atoms with van der Waals surface area (Å²) in [4.78, 5) is 16.7. The molecule has 1 fully saturated rings. The maximum absolute atomic E-state index is 11.2. The molecule has 3 nitrogen and oxygen atoms in total. The molecule has 1 aromatic heterocycles. The van der Waals surface area contributed by atoms with Crippen molar-refractivity contribution >= 4 is 17.6 Å². The van der Waals surface area contributed by atoms with Crippen molar-refractivity contribution in [1.82, 2.24) is 4.98 Å². The highest BCUT2D eigenvalue weighted by Gasteiger charge is 2.32. The van der Waals surface area contributed by atoms with Crippen LogP contribution in [0, 0.1) is 12.3 Å². The smallest absolute Gasteiger partial charge is 0.126 e. The SMILES string of the molecule is Cc1ncc(CC2(C=O)CCOCC2)s1. The van der Waals surface area contributed by atoms with Gasteiger partial charge in [0.05, 0.1) is 5.01 Å². The molecule has 2 rings (SSSR count). The van der Waals surface area contributed by atoms with Gasteiger partial charge in [-0.15, -0.1) is 11.3 Å². The number of carbonyl (C=O) groups excluding carboxylic acids is 1. The summed E-state index contributed by atoms with van der Waals surface area (Å²) >= 11 is 1.68. The van der Waals surface area contributed by atoms with E-state index in [2.05, 4.69) is 4.98 Å². The van der Waals surface area contributed by atoms with Crippen molar-refractivity contribution in [2.24, 2.45) is 5.41 Å². The van der Waals surface area contributed by atoms with Crippen molar-refractivity contribution in [2.75, 3.05) is 13.2 Å². The van der Waals surface area contributed by atoms with Crippen molar-refractivity contribution in [3.8, 4) is 0 Å². The highest BCUT2D eigenvalue weighted by molar-refractivity contribution is 7.11. The molecule has 82 valence electrons. The maximum Gasteiger partial charge on any atom is 0.126 e. The molecule has 15 heavy (non-hydrogen) atoms. The monoisotopic (exact) mass is 225 g/mol. The summed E-state index contributed by atoms with van der Waals surface area (Å²) in [6, 6.07) is 0. The van der Waals surface area contributed by atoms with E-state index in [1.165, 1.54) is 4.88 Å². The first-order valence-electron chi connectivity index (χ1n) is 5.19. The van der Waals surface area contributed by atoms with Crippen molar-refractivity contribution < 1.29 is 9.53 Å². The Morgan fingerprint density at radius 1 is 1.60 bits per heavy atom. The maximum atomic E-state index is 11.2. The number of hydrogen-bond acceptors (Lipinski definition) is 4. The predicted molar refractivity (Wildman–Crippen MR) is 59.1 cm³/mol.